The topological polar surface area (TPSA) is 71.9 Å². The molecule has 12 heteroatoms. The quantitative estimate of drug-likeness (QED) is 0.517. The van der Waals surface area contributed by atoms with Crippen LogP contribution in [0.15, 0.2) is 48.5 Å². The number of halogens is 4. The Hall–Kier alpha value is -3.60. The zero-order chi connectivity index (χ0) is 25.7. The number of aromatic nitrogens is 2. The maximum absolute atomic E-state index is 14.1. The highest BCUT2D eigenvalue weighted by atomic mass is 35.5. The van der Waals surface area contributed by atoms with E-state index in [0.29, 0.717) is 48.3 Å². The summed E-state index contributed by atoms with van der Waals surface area (Å²) >= 11 is 6.30. The second kappa shape index (κ2) is 9.05. The van der Waals surface area contributed by atoms with Crippen LogP contribution in [0.5, 0.6) is 11.5 Å². The molecule has 1 fully saturated rings. The van der Waals surface area contributed by atoms with Gasteiger partial charge in [-0.3, -0.25) is 4.79 Å². The second-order valence-electron chi connectivity index (χ2n) is 9.19. The Bertz CT molecular complexity index is 1340. The molecule has 0 spiro atoms. The van der Waals surface area contributed by atoms with E-state index in [4.69, 9.17) is 21.1 Å². The second-order valence-corrected chi connectivity index (χ2v) is 9.60. The van der Waals surface area contributed by atoms with Gasteiger partial charge in [0, 0.05) is 38.7 Å². The van der Waals surface area contributed by atoms with Crippen LogP contribution < -0.4 is 19.7 Å². The number of nitrogens with one attached hydrogen (secondary N) is 1. The Morgan fingerprint density at radius 3 is 2.54 bits per heavy atom. The van der Waals surface area contributed by atoms with Crippen LogP contribution in [0.3, 0.4) is 0 Å². The maximum atomic E-state index is 14.1. The number of para-hydroxylation sites is 1. The number of fused-ring (bicyclic) bond motifs is 2. The van der Waals surface area contributed by atoms with Crippen molar-refractivity contribution in [1.82, 2.24) is 14.7 Å². The summed E-state index contributed by atoms with van der Waals surface area (Å²) in [6.07, 6.45) is -4.82. The Balaban J connectivity index is 1.22. The fraction of sp³-hybridized carbons (Fsp3) is 0.360. The third-order valence-electron chi connectivity index (χ3n) is 6.97. The van der Waals surface area contributed by atoms with Crippen LogP contribution in [-0.4, -0.2) is 59.7 Å². The fourth-order valence-electron chi connectivity index (χ4n) is 5.05. The average Bonchev–Trinajstić information content (AvgIpc) is 3.54. The van der Waals surface area contributed by atoms with Crippen molar-refractivity contribution in [3.63, 3.8) is 0 Å². The summed E-state index contributed by atoms with van der Waals surface area (Å²) in [6, 6.07) is 11.4. The number of hydrogen-bond acceptors (Lipinski definition) is 6. The van der Waals surface area contributed by atoms with Crippen LogP contribution in [0.4, 0.5) is 24.7 Å². The third kappa shape index (κ3) is 4.41. The van der Waals surface area contributed by atoms with Gasteiger partial charge in [-0.05, 0) is 29.8 Å². The molecular weight excluding hydrogens is 511 g/mol. The monoisotopic (exact) mass is 533 g/mol. The van der Waals surface area contributed by atoms with Crippen LogP contribution in [0.2, 0.25) is 5.02 Å². The van der Waals surface area contributed by atoms with Crippen molar-refractivity contribution < 1.29 is 27.4 Å². The molecule has 0 saturated carbocycles. The van der Waals surface area contributed by atoms with Gasteiger partial charge < -0.3 is 24.6 Å². The first-order chi connectivity index (χ1) is 17.8. The summed E-state index contributed by atoms with van der Waals surface area (Å²) in [7, 11) is 0. The molecule has 4 heterocycles. The zero-order valence-corrected chi connectivity index (χ0v) is 20.3. The van der Waals surface area contributed by atoms with Crippen LogP contribution >= 0.6 is 11.6 Å². The minimum atomic E-state index is -4.54. The van der Waals surface area contributed by atoms with Crippen LogP contribution in [0.25, 0.3) is 0 Å². The SMILES string of the molecule is O=C(c1cc2n(n1)[C@H](C(F)(F)F)C[C@H](c1ccc3c(c1)OCO3)N2)N1CCN(c2ccccc2Cl)CC1. The van der Waals surface area contributed by atoms with Crippen molar-refractivity contribution in [1.29, 1.82) is 0 Å². The lowest BCUT2D eigenvalue weighted by Gasteiger charge is -2.36. The number of amides is 1. The first-order valence-corrected chi connectivity index (χ1v) is 12.3. The molecule has 1 amide bonds. The van der Waals surface area contributed by atoms with Crippen molar-refractivity contribution in [3.05, 3.63) is 64.8 Å². The van der Waals surface area contributed by atoms with Gasteiger partial charge in [-0.15, -0.1) is 0 Å². The highest BCUT2D eigenvalue weighted by Crippen LogP contribution is 2.45. The van der Waals surface area contributed by atoms with Gasteiger partial charge in [-0.1, -0.05) is 29.8 Å². The minimum Gasteiger partial charge on any atom is -0.454 e. The Labute approximate surface area is 215 Å². The van der Waals surface area contributed by atoms with E-state index >= 15 is 0 Å². The maximum Gasteiger partial charge on any atom is 0.410 e. The van der Waals surface area contributed by atoms with Gasteiger partial charge in [-0.2, -0.15) is 18.3 Å². The van der Waals surface area contributed by atoms with E-state index in [1.165, 1.54) is 6.07 Å². The highest BCUT2D eigenvalue weighted by Gasteiger charge is 2.47. The number of nitrogens with zero attached hydrogens (tertiary/aromatic N) is 4. The molecule has 194 valence electrons. The van der Waals surface area contributed by atoms with Gasteiger partial charge in [0.1, 0.15) is 5.82 Å². The summed E-state index contributed by atoms with van der Waals surface area (Å²) in [5.41, 5.74) is 1.50. The molecule has 1 saturated heterocycles. The first-order valence-electron chi connectivity index (χ1n) is 11.9. The normalized spacial score (nSPS) is 21.0. The van der Waals surface area contributed by atoms with Gasteiger partial charge >= 0.3 is 6.18 Å². The molecular formula is C25H23ClF3N5O3. The smallest absolute Gasteiger partial charge is 0.410 e. The molecule has 0 bridgehead atoms. The minimum absolute atomic E-state index is 0.0192. The number of piperazine rings is 1. The van der Waals surface area contributed by atoms with E-state index in [9.17, 15) is 18.0 Å². The number of rotatable bonds is 3. The van der Waals surface area contributed by atoms with Crippen LogP contribution in [0.1, 0.15) is 34.6 Å². The Kier molecular flexibility index (Phi) is 5.82. The number of ether oxygens (including phenoxy) is 2. The number of benzene rings is 2. The van der Waals surface area contributed by atoms with Gasteiger partial charge in [-0.25, -0.2) is 4.68 Å². The van der Waals surface area contributed by atoms with Crippen molar-refractivity contribution in [2.75, 3.05) is 43.2 Å². The van der Waals surface area contributed by atoms with E-state index in [1.54, 1.807) is 23.1 Å². The average molecular weight is 534 g/mol. The van der Waals surface area contributed by atoms with E-state index in [0.717, 1.165) is 10.4 Å². The van der Waals surface area contributed by atoms with Crippen LogP contribution in [0, 0.1) is 0 Å². The van der Waals surface area contributed by atoms with Gasteiger partial charge in [0.25, 0.3) is 5.91 Å². The number of alkyl halides is 3. The molecule has 0 radical (unpaired) electrons. The molecule has 3 aliphatic heterocycles. The number of carbonyl (C=O) groups excluding carboxylic acids is 1. The number of carbonyl (C=O) groups is 1. The standard InChI is InChI=1S/C25H23ClF3N5O3/c26-16-3-1-2-4-19(16)32-7-9-33(10-8-32)24(35)18-13-23-30-17(12-22(25(27,28)29)34(23)31-18)15-5-6-20-21(11-15)37-14-36-20/h1-6,11,13,17,22,30H,7-10,12,14H2/t17-,22+/m1/s1. The Morgan fingerprint density at radius 2 is 1.78 bits per heavy atom. The largest absolute Gasteiger partial charge is 0.454 e. The molecule has 3 aliphatic rings. The van der Waals surface area contributed by atoms with Crippen molar-refractivity contribution in [3.8, 4) is 11.5 Å². The highest BCUT2D eigenvalue weighted by molar-refractivity contribution is 6.33. The lowest BCUT2D eigenvalue weighted by Crippen LogP contribution is -2.49. The van der Waals surface area contributed by atoms with Crippen molar-refractivity contribution >= 4 is 29.0 Å². The molecule has 3 aromatic rings. The summed E-state index contributed by atoms with van der Waals surface area (Å²) < 4.78 is 53.8. The van der Waals surface area contributed by atoms with E-state index in [-0.39, 0.29) is 24.7 Å². The number of anilines is 2. The Morgan fingerprint density at radius 1 is 1.03 bits per heavy atom. The van der Waals surface area contributed by atoms with Crippen molar-refractivity contribution in [2.24, 2.45) is 0 Å². The molecule has 0 aliphatic carbocycles. The molecule has 1 N–H and O–H groups in total. The summed E-state index contributed by atoms with van der Waals surface area (Å²) in [5.74, 6) is 0.797. The third-order valence-corrected chi connectivity index (χ3v) is 7.29. The molecule has 37 heavy (non-hydrogen) atoms. The predicted octanol–water partition coefficient (Wildman–Crippen LogP) is 4.89. The summed E-state index contributed by atoms with van der Waals surface area (Å²) in [5, 5.41) is 7.87. The molecule has 1 aromatic heterocycles. The lowest BCUT2D eigenvalue weighted by molar-refractivity contribution is -0.173. The first kappa shape index (κ1) is 23.8. The molecule has 8 nitrogen and oxygen atoms in total. The van der Waals surface area contributed by atoms with Gasteiger partial charge in [0.2, 0.25) is 6.79 Å². The molecule has 2 atom stereocenters. The van der Waals surface area contributed by atoms with Gasteiger partial charge in [0.05, 0.1) is 16.8 Å². The predicted molar refractivity (Wildman–Crippen MR) is 130 cm³/mol. The molecule has 2 aromatic carbocycles. The van der Waals surface area contributed by atoms with Gasteiger partial charge in [0.15, 0.2) is 23.2 Å². The van der Waals surface area contributed by atoms with E-state index in [1.807, 2.05) is 24.3 Å². The van der Waals surface area contributed by atoms with E-state index in [2.05, 4.69) is 15.3 Å². The molecule has 6 rings (SSSR count). The van der Waals surface area contributed by atoms with E-state index < -0.39 is 24.2 Å². The van der Waals surface area contributed by atoms with Crippen molar-refractivity contribution in [2.45, 2.75) is 24.7 Å². The lowest BCUT2D eigenvalue weighted by atomic mass is 9.96. The van der Waals surface area contributed by atoms with Crippen LogP contribution in [-0.2, 0) is 0 Å². The number of hydrogen-bond donors (Lipinski definition) is 1. The fourth-order valence-corrected chi connectivity index (χ4v) is 5.30. The summed E-state index contributed by atoms with van der Waals surface area (Å²) in [6.45, 7) is 1.99. The summed E-state index contributed by atoms with van der Waals surface area (Å²) in [4.78, 5) is 16.9. The zero-order valence-electron chi connectivity index (χ0n) is 19.5. The molecule has 0 unspecified atom stereocenters.